The fraction of sp³-hybridized carbons (Fsp3) is 0.211. The molecule has 3 aromatic rings. The summed E-state index contributed by atoms with van der Waals surface area (Å²) in [5, 5.41) is 3.84. The van der Waals surface area contributed by atoms with Gasteiger partial charge >= 0.3 is 0 Å². The largest absolute Gasteiger partial charge is 0.355 e. The van der Waals surface area contributed by atoms with E-state index in [1.807, 2.05) is 43.3 Å². The van der Waals surface area contributed by atoms with Gasteiger partial charge in [-0.2, -0.15) is 0 Å². The lowest BCUT2D eigenvalue weighted by Gasteiger charge is -2.04. The van der Waals surface area contributed by atoms with Gasteiger partial charge in [0.25, 0.3) is 0 Å². The number of carbonyl (C=O) groups excluding carboxylic acids is 1. The second kappa shape index (κ2) is 7.84. The minimum Gasteiger partial charge on any atom is -0.355 e. The first-order valence-electron chi connectivity index (χ1n) is 7.90. The van der Waals surface area contributed by atoms with Gasteiger partial charge in [0.2, 0.25) is 5.91 Å². The van der Waals surface area contributed by atoms with Crippen LogP contribution < -0.4 is 5.32 Å². The van der Waals surface area contributed by atoms with Gasteiger partial charge in [-0.25, -0.2) is 4.98 Å². The number of carbonyl (C=O) groups is 1. The van der Waals surface area contributed by atoms with Crippen LogP contribution in [0.15, 0.2) is 54.7 Å². The molecule has 0 spiro atoms. The van der Waals surface area contributed by atoms with E-state index in [1.165, 1.54) is 16.9 Å². The minimum atomic E-state index is 0.0326. The van der Waals surface area contributed by atoms with Crippen LogP contribution in [0.5, 0.6) is 0 Å². The number of hydrogen-bond donors (Lipinski definition) is 1. The zero-order chi connectivity index (χ0) is 16.8. The summed E-state index contributed by atoms with van der Waals surface area (Å²) in [5.41, 5.74) is 2.98. The van der Waals surface area contributed by atoms with Gasteiger partial charge in [-0.1, -0.05) is 36.4 Å². The summed E-state index contributed by atoms with van der Waals surface area (Å²) in [5.74, 6) is 0.0326. The van der Waals surface area contributed by atoms with Crippen LogP contribution in [0.25, 0.3) is 10.7 Å². The Bertz CT molecular complexity index is 800. The molecule has 0 radical (unpaired) electrons. The van der Waals surface area contributed by atoms with Gasteiger partial charge < -0.3 is 5.32 Å². The van der Waals surface area contributed by atoms with Crippen molar-refractivity contribution in [3.05, 3.63) is 70.9 Å². The van der Waals surface area contributed by atoms with Gasteiger partial charge in [-0.15, -0.1) is 11.3 Å². The number of pyridine rings is 1. The van der Waals surface area contributed by atoms with Crippen LogP contribution in [0.4, 0.5) is 0 Å². The number of aromatic nitrogens is 2. The van der Waals surface area contributed by atoms with Crippen molar-refractivity contribution in [2.75, 3.05) is 6.54 Å². The Morgan fingerprint density at radius 1 is 1.12 bits per heavy atom. The second-order valence-corrected chi connectivity index (χ2v) is 6.59. The molecule has 0 atom stereocenters. The number of nitrogens with zero attached hydrogens (tertiary/aromatic N) is 2. The molecule has 3 rings (SSSR count). The van der Waals surface area contributed by atoms with Crippen molar-refractivity contribution in [1.82, 2.24) is 15.3 Å². The van der Waals surface area contributed by atoms with E-state index in [0.29, 0.717) is 13.0 Å². The average Bonchev–Trinajstić information content (AvgIpc) is 2.97. The molecule has 1 amide bonds. The van der Waals surface area contributed by atoms with Crippen molar-refractivity contribution in [3.8, 4) is 10.7 Å². The van der Waals surface area contributed by atoms with Crippen LogP contribution >= 0.6 is 11.3 Å². The van der Waals surface area contributed by atoms with Gasteiger partial charge in [0.1, 0.15) is 5.01 Å². The molecular weight excluding hydrogens is 318 g/mol. The molecule has 5 heteroatoms. The van der Waals surface area contributed by atoms with E-state index in [1.54, 1.807) is 6.20 Å². The summed E-state index contributed by atoms with van der Waals surface area (Å²) in [6.45, 7) is 2.59. The summed E-state index contributed by atoms with van der Waals surface area (Å²) >= 11 is 1.54. The quantitative estimate of drug-likeness (QED) is 0.750. The molecule has 0 aliphatic carbocycles. The normalized spacial score (nSPS) is 10.5. The van der Waals surface area contributed by atoms with Gasteiger partial charge in [0.05, 0.1) is 17.8 Å². The van der Waals surface area contributed by atoms with Crippen molar-refractivity contribution in [3.63, 3.8) is 0 Å². The predicted molar refractivity (Wildman–Crippen MR) is 96.9 cm³/mol. The van der Waals surface area contributed by atoms with Crippen LogP contribution in [0.3, 0.4) is 0 Å². The van der Waals surface area contributed by atoms with E-state index in [0.717, 1.165) is 27.7 Å². The summed E-state index contributed by atoms with van der Waals surface area (Å²) in [4.78, 5) is 22.0. The smallest absolute Gasteiger partial charge is 0.225 e. The topological polar surface area (TPSA) is 54.9 Å². The highest BCUT2D eigenvalue weighted by atomic mass is 32.1. The van der Waals surface area contributed by atoms with Crippen molar-refractivity contribution in [2.45, 2.75) is 19.8 Å². The molecule has 1 aromatic carbocycles. The highest BCUT2D eigenvalue weighted by molar-refractivity contribution is 7.15. The van der Waals surface area contributed by atoms with E-state index in [9.17, 15) is 4.79 Å². The molecule has 0 saturated carbocycles. The Morgan fingerprint density at radius 2 is 1.92 bits per heavy atom. The number of amides is 1. The number of hydrogen-bond acceptors (Lipinski definition) is 4. The van der Waals surface area contributed by atoms with Crippen molar-refractivity contribution >= 4 is 17.2 Å². The summed E-state index contributed by atoms with van der Waals surface area (Å²) in [6.07, 6.45) is 2.96. The summed E-state index contributed by atoms with van der Waals surface area (Å²) in [6, 6.07) is 15.9. The highest BCUT2D eigenvalue weighted by Crippen LogP contribution is 2.26. The first-order chi connectivity index (χ1) is 11.7. The molecule has 0 aliphatic rings. The molecule has 24 heavy (non-hydrogen) atoms. The predicted octanol–water partition coefficient (Wildman–Crippen LogP) is 3.41. The Labute approximate surface area is 145 Å². The minimum absolute atomic E-state index is 0.0326. The molecule has 1 N–H and O–H groups in total. The fourth-order valence-corrected chi connectivity index (χ4v) is 3.43. The molecule has 0 aliphatic heterocycles. The van der Waals surface area contributed by atoms with Gasteiger partial charge in [-0.3, -0.25) is 9.78 Å². The monoisotopic (exact) mass is 337 g/mol. The third-order valence-electron chi connectivity index (χ3n) is 3.68. The van der Waals surface area contributed by atoms with E-state index in [4.69, 9.17) is 0 Å². The van der Waals surface area contributed by atoms with Gasteiger partial charge in [-0.05, 0) is 31.0 Å². The maximum Gasteiger partial charge on any atom is 0.225 e. The first-order valence-corrected chi connectivity index (χ1v) is 8.72. The van der Waals surface area contributed by atoms with E-state index >= 15 is 0 Å². The fourth-order valence-electron chi connectivity index (χ4n) is 2.39. The van der Waals surface area contributed by atoms with Crippen molar-refractivity contribution < 1.29 is 4.79 Å². The maximum atomic E-state index is 12.2. The van der Waals surface area contributed by atoms with Crippen molar-refractivity contribution in [1.29, 1.82) is 0 Å². The zero-order valence-corrected chi connectivity index (χ0v) is 14.3. The average molecular weight is 337 g/mol. The standard InChI is InChI=1S/C19H19N3OS/c1-14-17(24-19(22-14)16-9-5-6-11-20-16)13-18(23)21-12-10-15-7-3-2-4-8-15/h2-9,11H,10,12-13H2,1H3,(H,21,23). The number of rotatable bonds is 6. The molecule has 0 unspecified atom stereocenters. The molecule has 2 heterocycles. The lowest BCUT2D eigenvalue weighted by molar-refractivity contribution is -0.120. The number of benzene rings is 1. The Hall–Kier alpha value is -2.53. The van der Waals surface area contributed by atoms with Crippen LogP contribution in [-0.2, 0) is 17.6 Å². The Kier molecular flexibility index (Phi) is 5.33. The van der Waals surface area contributed by atoms with Crippen LogP contribution in [0, 0.1) is 6.92 Å². The number of thiazole rings is 1. The molecule has 4 nitrogen and oxygen atoms in total. The van der Waals surface area contributed by atoms with Crippen molar-refractivity contribution in [2.24, 2.45) is 0 Å². The third-order valence-corrected chi connectivity index (χ3v) is 4.86. The molecule has 122 valence electrons. The first kappa shape index (κ1) is 16.3. The van der Waals surface area contributed by atoms with Gasteiger partial charge in [0, 0.05) is 17.6 Å². The maximum absolute atomic E-state index is 12.2. The zero-order valence-electron chi connectivity index (χ0n) is 13.5. The third kappa shape index (κ3) is 4.26. The number of nitrogens with one attached hydrogen (secondary N) is 1. The van der Waals surface area contributed by atoms with Crippen LogP contribution in [0.2, 0.25) is 0 Å². The van der Waals surface area contributed by atoms with E-state index < -0.39 is 0 Å². The molecular formula is C19H19N3OS. The summed E-state index contributed by atoms with van der Waals surface area (Å²) < 4.78 is 0. The summed E-state index contributed by atoms with van der Waals surface area (Å²) in [7, 11) is 0. The SMILES string of the molecule is Cc1nc(-c2ccccn2)sc1CC(=O)NCCc1ccccc1. The lowest BCUT2D eigenvalue weighted by atomic mass is 10.1. The molecule has 0 fully saturated rings. The van der Waals surface area contributed by atoms with E-state index in [-0.39, 0.29) is 5.91 Å². The lowest BCUT2D eigenvalue weighted by Crippen LogP contribution is -2.27. The second-order valence-electron chi connectivity index (χ2n) is 5.50. The molecule has 0 saturated heterocycles. The molecule has 2 aromatic heterocycles. The van der Waals surface area contributed by atoms with Crippen LogP contribution in [0.1, 0.15) is 16.1 Å². The Balaban J connectivity index is 1.56. The van der Waals surface area contributed by atoms with Crippen LogP contribution in [-0.4, -0.2) is 22.4 Å². The van der Waals surface area contributed by atoms with E-state index in [2.05, 4.69) is 27.4 Å². The molecule has 0 bridgehead atoms. The number of aryl methyl sites for hydroxylation is 1. The van der Waals surface area contributed by atoms with Gasteiger partial charge in [0.15, 0.2) is 0 Å². The Morgan fingerprint density at radius 3 is 2.67 bits per heavy atom. The highest BCUT2D eigenvalue weighted by Gasteiger charge is 2.13.